The van der Waals surface area contributed by atoms with Gasteiger partial charge in [0.15, 0.2) is 0 Å². The summed E-state index contributed by atoms with van der Waals surface area (Å²) in [6.07, 6.45) is 9.52. The molecule has 0 saturated carbocycles. The Morgan fingerprint density at radius 2 is 1.97 bits per heavy atom. The Hall–Kier alpha value is -2.82. The van der Waals surface area contributed by atoms with E-state index in [1.165, 1.54) is 4.31 Å². The lowest BCUT2D eigenvalue weighted by Crippen LogP contribution is -2.35. The van der Waals surface area contributed by atoms with Gasteiger partial charge in [-0.05, 0) is 67.5 Å². The summed E-state index contributed by atoms with van der Waals surface area (Å²) in [5.41, 5.74) is 3.04. The number of anilines is 1. The van der Waals surface area contributed by atoms with Crippen LogP contribution in [0.3, 0.4) is 0 Å². The number of aromatic nitrogens is 2. The van der Waals surface area contributed by atoms with Crippen LogP contribution in [0.5, 0.6) is 0 Å². The molecule has 0 aliphatic carbocycles. The smallest absolute Gasteiger partial charge is 0.264 e. The molecule has 7 heteroatoms. The lowest BCUT2D eigenvalue weighted by atomic mass is 10.0. The Morgan fingerprint density at radius 3 is 2.67 bits per heavy atom. The molecule has 1 aliphatic heterocycles. The molecule has 0 N–H and O–H groups in total. The highest BCUT2D eigenvalue weighted by molar-refractivity contribution is 7.92. The molecule has 0 bridgehead atoms. The van der Waals surface area contributed by atoms with Crippen molar-refractivity contribution in [3.8, 4) is 12.3 Å². The van der Waals surface area contributed by atoms with Gasteiger partial charge in [-0.2, -0.15) is 5.10 Å². The third kappa shape index (κ3) is 4.92. The van der Waals surface area contributed by atoms with Crippen molar-refractivity contribution in [3.05, 3.63) is 53.7 Å². The second-order valence-electron chi connectivity index (χ2n) is 9.20. The zero-order valence-corrected chi connectivity index (χ0v) is 20.3. The highest BCUT2D eigenvalue weighted by Crippen LogP contribution is 2.30. The van der Waals surface area contributed by atoms with Crippen LogP contribution in [-0.2, 0) is 21.3 Å². The van der Waals surface area contributed by atoms with E-state index in [4.69, 9.17) is 11.2 Å². The first-order valence-electron chi connectivity index (χ1n) is 11.4. The van der Waals surface area contributed by atoms with Crippen LogP contribution in [0.4, 0.5) is 5.69 Å². The molecule has 0 atom stereocenters. The third-order valence-corrected chi connectivity index (χ3v) is 7.86. The van der Waals surface area contributed by atoms with Crippen LogP contribution in [0.1, 0.15) is 37.8 Å². The van der Waals surface area contributed by atoms with E-state index < -0.39 is 10.0 Å². The maximum absolute atomic E-state index is 13.8. The molecule has 1 aromatic heterocycles. The first-order chi connectivity index (χ1) is 15.8. The molecule has 0 unspecified atom stereocenters. The number of sulfonamides is 1. The number of fused-ring (bicyclic) bond motifs is 1. The predicted octanol–water partition coefficient (Wildman–Crippen LogP) is 4.60. The van der Waals surface area contributed by atoms with Crippen LogP contribution < -0.4 is 4.31 Å². The van der Waals surface area contributed by atoms with Crippen molar-refractivity contribution in [3.63, 3.8) is 0 Å². The number of rotatable bonds is 7. The number of hydrogen-bond acceptors (Lipinski definition) is 4. The second kappa shape index (κ2) is 9.58. The van der Waals surface area contributed by atoms with E-state index in [2.05, 4.69) is 11.0 Å². The fourth-order valence-corrected chi connectivity index (χ4v) is 6.00. The third-order valence-electron chi connectivity index (χ3n) is 6.08. The molecule has 33 heavy (non-hydrogen) atoms. The van der Waals surface area contributed by atoms with Gasteiger partial charge in [0.1, 0.15) is 0 Å². The normalized spacial score (nSPS) is 15.1. The van der Waals surface area contributed by atoms with E-state index in [9.17, 15) is 8.42 Å². The molecule has 1 fully saturated rings. The van der Waals surface area contributed by atoms with E-state index in [-0.39, 0.29) is 10.8 Å². The molecule has 1 saturated heterocycles. The number of terminal acetylenes is 1. The van der Waals surface area contributed by atoms with Crippen molar-refractivity contribution in [2.45, 2.75) is 45.1 Å². The number of benzene rings is 2. The van der Waals surface area contributed by atoms with Crippen molar-refractivity contribution in [2.24, 2.45) is 11.8 Å². The van der Waals surface area contributed by atoms with Gasteiger partial charge in [-0.1, -0.05) is 25.8 Å². The number of ether oxygens (including phenoxy) is 1. The standard InChI is InChI=1S/C26H31N3O3S/c1-5-22-14-20(4)6-8-26(22)29(17-19(2)3)33(30,31)24-7-9-25-23(15-24)16-27-28(25)18-21-10-12-32-13-11-21/h1,6-9,14-16,19,21H,10-13,17-18H2,2-4H3. The quantitative estimate of drug-likeness (QED) is 0.478. The summed E-state index contributed by atoms with van der Waals surface area (Å²) in [7, 11) is -3.82. The first-order valence-corrected chi connectivity index (χ1v) is 12.9. The van der Waals surface area contributed by atoms with Gasteiger partial charge in [0.05, 0.1) is 22.3 Å². The Bertz CT molecular complexity index is 1280. The Kier molecular flexibility index (Phi) is 6.78. The molecule has 3 aromatic rings. The van der Waals surface area contributed by atoms with Gasteiger partial charge in [-0.15, -0.1) is 6.42 Å². The van der Waals surface area contributed by atoms with Crippen LogP contribution in [-0.4, -0.2) is 38.0 Å². The molecular formula is C26H31N3O3S. The summed E-state index contributed by atoms with van der Waals surface area (Å²) in [6.45, 7) is 8.66. The zero-order chi connectivity index (χ0) is 23.6. The van der Waals surface area contributed by atoms with Gasteiger partial charge >= 0.3 is 0 Å². The monoisotopic (exact) mass is 465 g/mol. The molecule has 0 spiro atoms. The van der Waals surface area contributed by atoms with Crippen molar-refractivity contribution in [2.75, 3.05) is 24.1 Å². The average Bonchev–Trinajstić information content (AvgIpc) is 3.20. The number of hydrogen-bond donors (Lipinski definition) is 0. The summed E-state index contributed by atoms with van der Waals surface area (Å²) < 4.78 is 36.5. The molecule has 0 amide bonds. The van der Waals surface area contributed by atoms with E-state index in [0.717, 1.165) is 49.1 Å². The maximum Gasteiger partial charge on any atom is 0.264 e. The van der Waals surface area contributed by atoms with Crippen molar-refractivity contribution in [1.82, 2.24) is 9.78 Å². The van der Waals surface area contributed by atoms with Crippen molar-refractivity contribution in [1.29, 1.82) is 0 Å². The molecule has 2 heterocycles. The minimum Gasteiger partial charge on any atom is -0.381 e. The van der Waals surface area contributed by atoms with Gasteiger partial charge in [-0.3, -0.25) is 8.99 Å². The van der Waals surface area contributed by atoms with Gasteiger partial charge in [0.25, 0.3) is 10.0 Å². The SMILES string of the molecule is C#Cc1cc(C)ccc1N(CC(C)C)S(=O)(=O)c1ccc2c(cnn2CC2CCOCC2)c1. The average molecular weight is 466 g/mol. The number of aryl methyl sites for hydroxylation is 1. The summed E-state index contributed by atoms with van der Waals surface area (Å²) in [5, 5.41) is 5.36. The molecule has 0 radical (unpaired) electrons. The van der Waals surface area contributed by atoms with E-state index >= 15 is 0 Å². The Balaban J connectivity index is 1.71. The fraction of sp³-hybridized carbons (Fsp3) is 0.423. The maximum atomic E-state index is 13.8. The highest BCUT2D eigenvalue weighted by Gasteiger charge is 2.28. The molecule has 2 aromatic carbocycles. The lowest BCUT2D eigenvalue weighted by Gasteiger charge is -2.27. The van der Waals surface area contributed by atoms with Crippen LogP contribution in [0.15, 0.2) is 47.5 Å². The van der Waals surface area contributed by atoms with E-state index in [0.29, 0.717) is 23.7 Å². The Labute approximate surface area is 196 Å². The summed E-state index contributed by atoms with van der Waals surface area (Å²) >= 11 is 0. The van der Waals surface area contributed by atoms with Gasteiger partial charge in [0, 0.05) is 37.3 Å². The summed E-state index contributed by atoms with van der Waals surface area (Å²) in [6, 6.07) is 10.8. The molecule has 1 aliphatic rings. The molecule has 174 valence electrons. The first kappa shape index (κ1) is 23.3. The van der Waals surface area contributed by atoms with Crippen LogP contribution in [0.2, 0.25) is 0 Å². The number of nitrogens with zero attached hydrogens (tertiary/aromatic N) is 3. The second-order valence-corrected chi connectivity index (χ2v) is 11.1. The molecule has 4 rings (SSSR count). The van der Waals surface area contributed by atoms with Gasteiger partial charge < -0.3 is 4.74 Å². The topological polar surface area (TPSA) is 64.4 Å². The van der Waals surface area contributed by atoms with Gasteiger partial charge in [0.2, 0.25) is 0 Å². The molecular weight excluding hydrogens is 434 g/mol. The van der Waals surface area contributed by atoms with E-state index in [1.54, 1.807) is 24.4 Å². The van der Waals surface area contributed by atoms with E-state index in [1.807, 2.05) is 43.7 Å². The minimum atomic E-state index is -3.82. The zero-order valence-electron chi connectivity index (χ0n) is 19.5. The van der Waals surface area contributed by atoms with Crippen LogP contribution >= 0.6 is 0 Å². The van der Waals surface area contributed by atoms with Crippen LogP contribution in [0, 0.1) is 31.1 Å². The minimum absolute atomic E-state index is 0.123. The lowest BCUT2D eigenvalue weighted by molar-refractivity contribution is 0.0605. The predicted molar refractivity (Wildman–Crippen MR) is 132 cm³/mol. The van der Waals surface area contributed by atoms with Crippen molar-refractivity contribution < 1.29 is 13.2 Å². The Morgan fingerprint density at radius 1 is 1.21 bits per heavy atom. The van der Waals surface area contributed by atoms with Crippen molar-refractivity contribution >= 4 is 26.6 Å². The summed E-state index contributed by atoms with van der Waals surface area (Å²) in [5.74, 6) is 3.30. The highest BCUT2D eigenvalue weighted by atomic mass is 32.2. The van der Waals surface area contributed by atoms with Gasteiger partial charge in [-0.25, -0.2) is 8.42 Å². The largest absolute Gasteiger partial charge is 0.381 e. The molecule has 6 nitrogen and oxygen atoms in total. The van der Waals surface area contributed by atoms with Crippen LogP contribution in [0.25, 0.3) is 10.9 Å². The summed E-state index contributed by atoms with van der Waals surface area (Å²) in [4.78, 5) is 0.241. The fourth-order valence-electron chi connectivity index (χ4n) is 4.31.